The molecule has 1 fully saturated rings. The predicted molar refractivity (Wildman–Crippen MR) is 114 cm³/mol. The van der Waals surface area contributed by atoms with Gasteiger partial charge < -0.3 is 9.84 Å². The molecular weight excluding hydrogens is 348 g/mol. The number of hydrogen-bond donors (Lipinski definition) is 1. The first-order valence-electron chi connectivity index (χ1n) is 10.2. The average molecular weight is 383 g/mol. The molecule has 0 aliphatic carbocycles. The lowest BCUT2D eigenvalue weighted by atomic mass is 9.77. The van der Waals surface area contributed by atoms with Crippen molar-refractivity contribution in [3.63, 3.8) is 0 Å². The van der Waals surface area contributed by atoms with E-state index in [1.54, 1.807) is 0 Å². The molecule has 1 aromatic heterocycles. The molecule has 2 heterocycles. The van der Waals surface area contributed by atoms with Gasteiger partial charge in [0.05, 0.1) is 19.3 Å². The minimum atomic E-state index is -0.145. The zero-order chi connectivity index (χ0) is 20.5. The maximum atomic E-state index is 11.1. The molecule has 2 aromatic rings. The van der Waals surface area contributed by atoms with Gasteiger partial charge in [-0.2, -0.15) is 0 Å². The normalized spacial score (nSPS) is 17.5. The first-order valence-corrected chi connectivity index (χ1v) is 10.2. The van der Waals surface area contributed by atoms with Crippen molar-refractivity contribution in [3.05, 3.63) is 58.9 Å². The average Bonchev–Trinajstić information content (AvgIpc) is 2.63. The van der Waals surface area contributed by atoms with E-state index in [0.29, 0.717) is 5.75 Å². The van der Waals surface area contributed by atoms with Crippen LogP contribution in [0.3, 0.4) is 0 Å². The van der Waals surface area contributed by atoms with Crippen LogP contribution in [-0.2, 0) is 15.6 Å². The minimum absolute atomic E-state index is 0.120. The van der Waals surface area contributed by atoms with Gasteiger partial charge in [0.1, 0.15) is 5.75 Å². The lowest BCUT2D eigenvalue weighted by Gasteiger charge is -2.37. The molecular formula is C24H34N2O2. The molecule has 4 heteroatoms. The number of aromatic hydroxyl groups is 1. The van der Waals surface area contributed by atoms with Crippen LogP contribution < -0.4 is 0 Å². The third-order valence-electron chi connectivity index (χ3n) is 5.50. The molecule has 28 heavy (non-hydrogen) atoms. The van der Waals surface area contributed by atoms with Crippen LogP contribution in [0.2, 0.25) is 0 Å². The highest BCUT2D eigenvalue weighted by Gasteiger charge is 2.31. The minimum Gasteiger partial charge on any atom is -0.507 e. The summed E-state index contributed by atoms with van der Waals surface area (Å²) in [6.07, 6.45) is 3.72. The standard InChI is InChI=1S/C24H34N2O2/c1-23(2,3)19-15-18(16-20(22(19)27)24(4,5)6)21(17-7-9-25-10-8-17)26-11-13-28-14-12-26/h7-10,15-16,21,27H,11-14H2,1-6H3/t21-/m0/s1. The SMILES string of the molecule is CC(C)(C)c1cc([C@H](c2ccncc2)N2CCOCC2)cc(C(C)(C)C)c1O. The number of benzene rings is 1. The Hall–Kier alpha value is -1.91. The molecule has 4 nitrogen and oxygen atoms in total. The Kier molecular flexibility index (Phi) is 5.83. The second-order valence-electron chi connectivity index (χ2n) is 9.80. The van der Waals surface area contributed by atoms with Gasteiger partial charge in [0, 0.05) is 25.5 Å². The lowest BCUT2D eigenvalue weighted by molar-refractivity contribution is 0.0239. The van der Waals surface area contributed by atoms with Gasteiger partial charge in [-0.15, -0.1) is 0 Å². The summed E-state index contributed by atoms with van der Waals surface area (Å²) in [4.78, 5) is 6.69. The van der Waals surface area contributed by atoms with E-state index >= 15 is 0 Å². The summed E-state index contributed by atoms with van der Waals surface area (Å²) in [5.41, 5.74) is 4.16. The van der Waals surface area contributed by atoms with Crippen molar-refractivity contribution in [2.75, 3.05) is 26.3 Å². The Morgan fingerprint density at radius 3 is 1.86 bits per heavy atom. The molecule has 0 unspecified atom stereocenters. The van der Waals surface area contributed by atoms with Crippen LogP contribution in [0.25, 0.3) is 0 Å². The fraction of sp³-hybridized carbons (Fsp3) is 0.542. The number of hydrogen-bond acceptors (Lipinski definition) is 4. The largest absolute Gasteiger partial charge is 0.507 e. The Labute approximate surface area is 169 Å². The van der Waals surface area contributed by atoms with E-state index in [9.17, 15) is 5.11 Å². The molecule has 1 aliphatic heterocycles. The highest BCUT2D eigenvalue weighted by molar-refractivity contribution is 5.51. The highest BCUT2D eigenvalue weighted by Crippen LogP contribution is 2.42. The van der Waals surface area contributed by atoms with E-state index in [-0.39, 0.29) is 16.9 Å². The van der Waals surface area contributed by atoms with Crippen LogP contribution in [-0.4, -0.2) is 41.3 Å². The number of phenolic OH excluding ortho intramolecular Hbond substituents is 1. The van der Waals surface area contributed by atoms with Gasteiger partial charge >= 0.3 is 0 Å². The molecule has 152 valence electrons. The zero-order valence-electron chi connectivity index (χ0n) is 18.1. The van der Waals surface area contributed by atoms with Crippen LogP contribution in [0.4, 0.5) is 0 Å². The summed E-state index contributed by atoms with van der Waals surface area (Å²) in [6.45, 7) is 16.2. The number of aromatic nitrogens is 1. The number of rotatable bonds is 3. The Morgan fingerprint density at radius 1 is 0.893 bits per heavy atom. The topological polar surface area (TPSA) is 45.6 Å². The number of pyridine rings is 1. The van der Waals surface area contributed by atoms with Crippen molar-refractivity contribution >= 4 is 0 Å². The monoisotopic (exact) mass is 382 g/mol. The summed E-state index contributed by atoms with van der Waals surface area (Å²) in [7, 11) is 0. The molecule has 0 saturated carbocycles. The molecule has 1 aromatic carbocycles. The number of nitrogens with zero attached hydrogens (tertiary/aromatic N) is 2. The smallest absolute Gasteiger partial charge is 0.123 e. The number of ether oxygens (including phenoxy) is 1. The van der Waals surface area contributed by atoms with Crippen molar-refractivity contribution in [2.24, 2.45) is 0 Å². The lowest BCUT2D eigenvalue weighted by Crippen LogP contribution is -2.39. The van der Waals surface area contributed by atoms with E-state index in [1.165, 1.54) is 11.1 Å². The molecule has 3 rings (SSSR count). The molecule has 0 spiro atoms. The van der Waals surface area contributed by atoms with Crippen molar-refractivity contribution in [3.8, 4) is 5.75 Å². The van der Waals surface area contributed by atoms with Crippen LogP contribution in [0.15, 0.2) is 36.7 Å². The Bertz CT molecular complexity index is 763. The van der Waals surface area contributed by atoms with Gasteiger partial charge in [-0.25, -0.2) is 0 Å². The fourth-order valence-electron chi connectivity index (χ4n) is 3.95. The maximum absolute atomic E-state index is 11.1. The Balaban J connectivity index is 2.21. The van der Waals surface area contributed by atoms with Gasteiger partial charge in [-0.05, 0) is 57.3 Å². The summed E-state index contributed by atoms with van der Waals surface area (Å²) < 4.78 is 5.60. The number of phenols is 1. The van der Waals surface area contributed by atoms with Crippen molar-refractivity contribution in [1.82, 2.24) is 9.88 Å². The third-order valence-corrected chi connectivity index (χ3v) is 5.50. The van der Waals surface area contributed by atoms with Gasteiger partial charge in [0.15, 0.2) is 0 Å². The van der Waals surface area contributed by atoms with Crippen molar-refractivity contribution < 1.29 is 9.84 Å². The summed E-state index contributed by atoms with van der Waals surface area (Å²) in [6, 6.07) is 8.71. The van der Waals surface area contributed by atoms with E-state index < -0.39 is 0 Å². The van der Waals surface area contributed by atoms with Crippen molar-refractivity contribution in [1.29, 1.82) is 0 Å². The van der Waals surface area contributed by atoms with Gasteiger partial charge in [-0.1, -0.05) is 41.5 Å². The molecule has 1 N–H and O–H groups in total. The summed E-state index contributed by atoms with van der Waals surface area (Å²) in [5.74, 6) is 0.430. The maximum Gasteiger partial charge on any atom is 0.123 e. The van der Waals surface area contributed by atoms with E-state index in [0.717, 1.165) is 37.4 Å². The summed E-state index contributed by atoms with van der Waals surface area (Å²) in [5, 5.41) is 11.1. The zero-order valence-corrected chi connectivity index (χ0v) is 18.1. The highest BCUT2D eigenvalue weighted by atomic mass is 16.5. The van der Waals surface area contributed by atoms with Gasteiger partial charge in [0.25, 0.3) is 0 Å². The van der Waals surface area contributed by atoms with Crippen molar-refractivity contribution in [2.45, 2.75) is 58.4 Å². The van der Waals surface area contributed by atoms with Crippen LogP contribution >= 0.6 is 0 Å². The third kappa shape index (κ3) is 4.39. The fourth-order valence-corrected chi connectivity index (χ4v) is 3.95. The molecule has 0 radical (unpaired) electrons. The van der Waals surface area contributed by atoms with Gasteiger partial charge in [-0.3, -0.25) is 9.88 Å². The second-order valence-corrected chi connectivity index (χ2v) is 9.80. The second kappa shape index (κ2) is 7.84. The first-order chi connectivity index (χ1) is 13.1. The number of morpholine rings is 1. The van der Waals surface area contributed by atoms with E-state index in [2.05, 4.69) is 75.7 Å². The van der Waals surface area contributed by atoms with Crippen LogP contribution in [0.5, 0.6) is 5.75 Å². The predicted octanol–water partition coefficient (Wildman–Crippen LogP) is 4.80. The van der Waals surface area contributed by atoms with Crippen LogP contribution in [0, 0.1) is 0 Å². The van der Waals surface area contributed by atoms with Crippen LogP contribution in [0.1, 0.15) is 69.8 Å². The first kappa shape index (κ1) is 20.8. The molecule has 0 bridgehead atoms. The summed E-state index contributed by atoms with van der Waals surface area (Å²) >= 11 is 0. The molecule has 0 amide bonds. The van der Waals surface area contributed by atoms with Gasteiger partial charge in [0.2, 0.25) is 0 Å². The molecule has 1 atom stereocenters. The Morgan fingerprint density at radius 2 is 1.39 bits per heavy atom. The molecule has 1 aliphatic rings. The van der Waals surface area contributed by atoms with E-state index in [4.69, 9.17) is 4.74 Å². The van der Waals surface area contributed by atoms with E-state index in [1.807, 2.05) is 12.4 Å². The molecule has 1 saturated heterocycles. The quantitative estimate of drug-likeness (QED) is 0.828.